The lowest BCUT2D eigenvalue weighted by atomic mass is 9.94. The van der Waals surface area contributed by atoms with Crippen LogP contribution in [0.5, 0.6) is 0 Å². The normalized spacial score (nSPS) is 23.6. The molecule has 1 aliphatic carbocycles. The lowest BCUT2D eigenvalue weighted by Crippen LogP contribution is -2.40. The van der Waals surface area contributed by atoms with Gasteiger partial charge in [-0.25, -0.2) is 0 Å². The SMILES string of the molecule is CN1CCC(CCNC(=O)C2(C(N)=S)CC2)CC1. The van der Waals surface area contributed by atoms with E-state index in [4.69, 9.17) is 18.0 Å². The molecule has 1 saturated heterocycles. The average molecular weight is 269 g/mol. The molecule has 1 saturated carbocycles. The summed E-state index contributed by atoms with van der Waals surface area (Å²) in [5, 5.41) is 3.01. The molecule has 3 N–H and O–H groups in total. The van der Waals surface area contributed by atoms with Gasteiger partial charge < -0.3 is 16.0 Å². The average Bonchev–Trinajstić information content (AvgIpc) is 3.13. The van der Waals surface area contributed by atoms with E-state index < -0.39 is 5.41 Å². The van der Waals surface area contributed by atoms with Crippen molar-refractivity contribution in [1.82, 2.24) is 10.2 Å². The number of hydrogen-bond acceptors (Lipinski definition) is 3. The minimum Gasteiger partial charge on any atom is -0.392 e. The number of thiocarbonyl (C=S) groups is 1. The smallest absolute Gasteiger partial charge is 0.233 e. The number of amides is 1. The Morgan fingerprint density at radius 1 is 1.44 bits per heavy atom. The fourth-order valence-electron chi connectivity index (χ4n) is 2.62. The molecule has 2 rings (SSSR count). The summed E-state index contributed by atoms with van der Waals surface area (Å²) in [5.41, 5.74) is 5.13. The Bertz CT molecular complexity index is 333. The highest BCUT2D eigenvalue weighted by Crippen LogP contribution is 2.46. The van der Waals surface area contributed by atoms with Crippen molar-refractivity contribution >= 4 is 23.1 Å². The second kappa shape index (κ2) is 5.53. The Labute approximate surface area is 114 Å². The summed E-state index contributed by atoms with van der Waals surface area (Å²) in [7, 11) is 2.16. The van der Waals surface area contributed by atoms with Crippen molar-refractivity contribution in [1.29, 1.82) is 0 Å². The highest BCUT2D eigenvalue weighted by molar-refractivity contribution is 7.80. The maximum Gasteiger partial charge on any atom is 0.233 e. The number of rotatable bonds is 5. The van der Waals surface area contributed by atoms with Crippen LogP contribution >= 0.6 is 12.2 Å². The monoisotopic (exact) mass is 269 g/mol. The fraction of sp³-hybridized carbons (Fsp3) is 0.846. The first-order valence-corrected chi connectivity index (χ1v) is 7.22. The standard InChI is InChI=1S/C13H23N3OS/c1-16-8-3-10(4-9-16)2-7-15-12(17)13(5-6-13)11(14)18/h10H,2-9H2,1H3,(H2,14,18)(H,15,17). The van der Waals surface area contributed by atoms with Crippen LogP contribution in [0.3, 0.4) is 0 Å². The van der Waals surface area contributed by atoms with E-state index in [9.17, 15) is 4.79 Å². The predicted molar refractivity (Wildman–Crippen MR) is 76.3 cm³/mol. The molecule has 0 aromatic heterocycles. The molecule has 0 unspecified atom stereocenters. The molecule has 2 fully saturated rings. The molecule has 0 atom stereocenters. The van der Waals surface area contributed by atoms with Gasteiger partial charge in [-0.05, 0) is 58.2 Å². The summed E-state index contributed by atoms with van der Waals surface area (Å²) < 4.78 is 0. The van der Waals surface area contributed by atoms with Crippen LogP contribution in [0.1, 0.15) is 32.1 Å². The molecule has 4 nitrogen and oxygen atoms in total. The Hall–Kier alpha value is -0.680. The molecule has 0 aromatic carbocycles. The van der Waals surface area contributed by atoms with Gasteiger partial charge >= 0.3 is 0 Å². The van der Waals surface area contributed by atoms with E-state index in [1.54, 1.807) is 0 Å². The van der Waals surface area contributed by atoms with Crippen molar-refractivity contribution in [2.75, 3.05) is 26.7 Å². The van der Waals surface area contributed by atoms with Crippen LogP contribution in [-0.4, -0.2) is 42.5 Å². The number of carbonyl (C=O) groups excluding carboxylic acids is 1. The molecule has 2 aliphatic rings. The van der Waals surface area contributed by atoms with Gasteiger partial charge in [-0.3, -0.25) is 4.79 Å². The first-order valence-electron chi connectivity index (χ1n) is 6.81. The molecule has 0 aromatic rings. The van der Waals surface area contributed by atoms with Crippen LogP contribution < -0.4 is 11.1 Å². The molecule has 5 heteroatoms. The van der Waals surface area contributed by atoms with Gasteiger partial charge in [0.05, 0.1) is 10.4 Å². The summed E-state index contributed by atoms with van der Waals surface area (Å²) in [6, 6.07) is 0. The van der Waals surface area contributed by atoms with Gasteiger partial charge in [0.2, 0.25) is 5.91 Å². The molecular weight excluding hydrogens is 246 g/mol. The number of nitrogens with one attached hydrogen (secondary N) is 1. The van der Waals surface area contributed by atoms with Gasteiger partial charge in [0, 0.05) is 6.54 Å². The van der Waals surface area contributed by atoms with Crippen molar-refractivity contribution in [2.24, 2.45) is 17.1 Å². The van der Waals surface area contributed by atoms with Gasteiger partial charge in [0.15, 0.2) is 0 Å². The summed E-state index contributed by atoms with van der Waals surface area (Å²) in [6.07, 6.45) is 5.21. The minimum absolute atomic E-state index is 0.0444. The molecule has 0 bridgehead atoms. The Morgan fingerprint density at radius 3 is 2.56 bits per heavy atom. The van der Waals surface area contributed by atoms with E-state index in [2.05, 4.69) is 17.3 Å². The van der Waals surface area contributed by atoms with Crippen molar-refractivity contribution in [2.45, 2.75) is 32.1 Å². The van der Waals surface area contributed by atoms with Crippen LogP contribution in [0.25, 0.3) is 0 Å². The summed E-state index contributed by atoms with van der Waals surface area (Å²) in [6.45, 7) is 3.11. The number of piperidine rings is 1. The highest BCUT2D eigenvalue weighted by Gasteiger charge is 2.52. The summed E-state index contributed by atoms with van der Waals surface area (Å²) in [4.78, 5) is 14.7. The van der Waals surface area contributed by atoms with E-state index in [-0.39, 0.29) is 5.91 Å². The second-order valence-corrected chi connectivity index (χ2v) is 6.18. The molecule has 1 heterocycles. The molecule has 0 radical (unpaired) electrons. The Balaban J connectivity index is 1.67. The number of likely N-dealkylation sites (tertiary alicyclic amines) is 1. The van der Waals surface area contributed by atoms with Crippen LogP contribution in [0.15, 0.2) is 0 Å². The maximum atomic E-state index is 12.0. The van der Waals surface area contributed by atoms with Gasteiger partial charge in [-0.1, -0.05) is 12.2 Å². The van der Waals surface area contributed by atoms with Crippen molar-refractivity contribution in [3.8, 4) is 0 Å². The van der Waals surface area contributed by atoms with E-state index in [0.29, 0.717) is 4.99 Å². The fourth-order valence-corrected chi connectivity index (χ4v) is 2.92. The van der Waals surface area contributed by atoms with Gasteiger partial charge in [-0.15, -0.1) is 0 Å². The number of nitrogens with two attached hydrogens (primary N) is 1. The van der Waals surface area contributed by atoms with E-state index >= 15 is 0 Å². The third-order valence-corrected chi connectivity index (χ3v) is 4.72. The summed E-state index contributed by atoms with van der Waals surface area (Å²) in [5.74, 6) is 0.796. The van der Waals surface area contributed by atoms with Gasteiger partial charge in [0.1, 0.15) is 0 Å². The Morgan fingerprint density at radius 2 is 2.06 bits per heavy atom. The van der Waals surface area contributed by atoms with Crippen LogP contribution in [0.2, 0.25) is 0 Å². The van der Waals surface area contributed by atoms with Crippen molar-refractivity contribution in [3.63, 3.8) is 0 Å². The first kappa shape index (κ1) is 13.7. The number of hydrogen-bond donors (Lipinski definition) is 2. The molecule has 1 aliphatic heterocycles. The zero-order valence-electron chi connectivity index (χ0n) is 11.1. The minimum atomic E-state index is -0.498. The zero-order chi connectivity index (χ0) is 13.2. The maximum absolute atomic E-state index is 12.0. The lowest BCUT2D eigenvalue weighted by Gasteiger charge is -2.29. The van der Waals surface area contributed by atoms with E-state index in [1.165, 1.54) is 25.9 Å². The largest absolute Gasteiger partial charge is 0.392 e. The molecular formula is C13H23N3OS. The third-order valence-electron chi connectivity index (χ3n) is 4.33. The molecule has 18 heavy (non-hydrogen) atoms. The highest BCUT2D eigenvalue weighted by atomic mass is 32.1. The lowest BCUT2D eigenvalue weighted by molar-refractivity contribution is -0.124. The van der Waals surface area contributed by atoms with Crippen LogP contribution in [0.4, 0.5) is 0 Å². The van der Waals surface area contributed by atoms with Crippen molar-refractivity contribution in [3.05, 3.63) is 0 Å². The topological polar surface area (TPSA) is 58.4 Å². The third kappa shape index (κ3) is 3.01. The van der Waals surface area contributed by atoms with E-state index in [1.807, 2.05) is 0 Å². The quantitative estimate of drug-likeness (QED) is 0.728. The number of carbonyl (C=O) groups is 1. The number of nitrogens with zero attached hydrogens (tertiary/aromatic N) is 1. The second-order valence-electron chi connectivity index (χ2n) is 5.74. The van der Waals surface area contributed by atoms with Crippen LogP contribution in [0, 0.1) is 11.3 Å². The summed E-state index contributed by atoms with van der Waals surface area (Å²) >= 11 is 4.97. The Kier molecular flexibility index (Phi) is 4.22. The van der Waals surface area contributed by atoms with E-state index in [0.717, 1.165) is 31.7 Å². The predicted octanol–water partition coefficient (Wildman–Crippen LogP) is 0.901. The first-order chi connectivity index (χ1) is 8.54. The van der Waals surface area contributed by atoms with Crippen molar-refractivity contribution < 1.29 is 4.79 Å². The van der Waals surface area contributed by atoms with Gasteiger partial charge in [0.25, 0.3) is 0 Å². The van der Waals surface area contributed by atoms with Gasteiger partial charge in [-0.2, -0.15) is 0 Å². The zero-order valence-corrected chi connectivity index (χ0v) is 11.9. The molecule has 1 amide bonds. The molecule has 0 spiro atoms. The van der Waals surface area contributed by atoms with Crippen LogP contribution in [-0.2, 0) is 4.79 Å². The molecule has 102 valence electrons.